The number of benzene rings is 2. The first kappa shape index (κ1) is 17.8. The number of ether oxygens (including phenoxy) is 2. The maximum Gasteiger partial charge on any atom is 0.407 e. The number of hydrogen-bond acceptors (Lipinski definition) is 5. The van der Waals surface area contributed by atoms with Crippen molar-refractivity contribution >= 4 is 6.09 Å². The third-order valence-electron chi connectivity index (χ3n) is 5.03. The molecule has 2 heterocycles. The number of alkyl carbamates (subject to hydrolysis) is 1. The Morgan fingerprint density at radius 3 is 2.96 bits per heavy atom. The maximum atomic E-state index is 14.6. The van der Waals surface area contributed by atoms with Gasteiger partial charge in [0.25, 0.3) is 0 Å². The average Bonchev–Trinajstić information content (AvgIpc) is 3.27. The summed E-state index contributed by atoms with van der Waals surface area (Å²) in [5, 5.41) is 15.8. The molecular formula is C20H21FN2O4. The molecule has 1 unspecified atom stereocenters. The van der Waals surface area contributed by atoms with Crippen LogP contribution < -0.4 is 15.4 Å². The third-order valence-corrected chi connectivity index (χ3v) is 5.03. The van der Waals surface area contributed by atoms with Crippen LogP contribution in [0.1, 0.15) is 22.6 Å². The van der Waals surface area contributed by atoms with Crippen molar-refractivity contribution in [3.05, 3.63) is 65.0 Å². The van der Waals surface area contributed by atoms with Crippen molar-refractivity contribution in [3.63, 3.8) is 0 Å². The summed E-state index contributed by atoms with van der Waals surface area (Å²) in [6, 6.07) is 11.8. The summed E-state index contributed by atoms with van der Waals surface area (Å²) >= 11 is 0. The number of aliphatic hydroxyl groups excluding tert-OH is 1. The summed E-state index contributed by atoms with van der Waals surface area (Å²) in [6.07, 6.45) is -0.910. The second-order valence-electron chi connectivity index (χ2n) is 6.77. The Morgan fingerprint density at radius 1 is 1.33 bits per heavy atom. The highest BCUT2D eigenvalue weighted by atomic mass is 19.1. The van der Waals surface area contributed by atoms with E-state index in [1.807, 2.05) is 30.3 Å². The van der Waals surface area contributed by atoms with Crippen LogP contribution in [0.25, 0.3) is 0 Å². The lowest BCUT2D eigenvalue weighted by Gasteiger charge is -2.23. The lowest BCUT2D eigenvalue weighted by Crippen LogP contribution is -2.45. The van der Waals surface area contributed by atoms with Gasteiger partial charge in [-0.3, -0.25) is 5.32 Å². The molecule has 7 heteroatoms. The predicted molar refractivity (Wildman–Crippen MR) is 95.9 cm³/mol. The molecule has 0 radical (unpaired) electrons. The zero-order valence-electron chi connectivity index (χ0n) is 14.7. The van der Waals surface area contributed by atoms with Crippen LogP contribution >= 0.6 is 0 Å². The van der Waals surface area contributed by atoms with Crippen molar-refractivity contribution in [3.8, 4) is 5.75 Å². The van der Waals surface area contributed by atoms with Gasteiger partial charge in [0.1, 0.15) is 24.4 Å². The van der Waals surface area contributed by atoms with Crippen molar-refractivity contribution in [2.45, 2.75) is 31.2 Å². The second-order valence-corrected chi connectivity index (χ2v) is 6.77. The van der Waals surface area contributed by atoms with Crippen LogP contribution in [0.3, 0.4) is 0 Å². The van der Waals surface area contributed by atoms with E-state index in [2.05, 4.69) is 10.6 Å². The zero-order chi connectivity index (χ0) is 18.8. The van der Waals surface area contributed by atoms with Crippen LogP contribution in [-0.4, -0.2) is 36.6 Å². The number of hydrogen-bond donors (Lipinski definition) is 3. The zero-order valence-corrected chi connectivity index (χ0v) is 14.7. The molecule has 2 aliphatic rings. The van der Waals surface area contributed by atoms with E-state index in [4.69, 9.17) is 9.47 Å². The molecule has 0 saturated carbocycles. The summed E-state index contributed by atoms with van der Waals surface area (Å²) in [6.45, 7) is 1.01. The first-order chi connectivity index (χ1) is 13.1. The molecule has 0 aliphatic carbocycles. The van der Waals surface area contributed by atoms with Crippen LogP contribution in [0.2, 0.25) is 0 Å². The highest BCUT2D eigenvalue weighted by Crippen LogP contribution is 2.34. The van der Waals surface area contributed by atoms with Crippen LogP contribution in [0.5, 0.6) is 5.75 Å². The van der Waals surface area contributed by atoms with Gasteiger partial charge in [-0.25, -0.2) is 9.18 Å². The Bertz CT molecular complexity index is 830. The molecule has 1 saturated heterocycles. The molecule has 1 fully saturated rings. The molecule has 27 heavy (non-hydrogen) atoms. The van der Waals surface area contributed by atoms with Crippen LogP contribution in [0, 0.1) is 5.82 Å². The van der Waals surface area contributed by atoms with Gasteiger partial charge in [-0.1, -0.05) is 30.3 Å². The van der Waals surface area contributed by atoms with Crippen molar-refractivity contribution in [2.24, 2.45) is 0 Å². The van der Waals surface area contributed by atoms with Crippen LogP contribution in [0.4, 0.5) is 9.18 Å². The molecule has 2 aromatic carbocycles. The smallest absolute Gasteiger partial charge is 0.407 e. The van der Waals surface area contributed by atoms with Crippen molar-refractivity contribution in [1.29, 1.82) is 0 Å². The van der Waals surface area contributed by atoms with Gasteiger partial charge in [-0.2, -0.15) is 0 Å². The molecular weight excluding hydrogens is 351 g/mol. The largest absolute Gasteiger partial charge is 0.493 e. The number of carbonyl (C=O) groups excluding carboxylic acids is 1. The number of halogens is 1. The van der Waals surface area contributed by atoms with E-state index in [9.17, 15) is 14.3 Å². The summed E-state index contributed by atoms with van der Waals surface area (Å²) in [5.74, 6) is -0.245. The van der Waals surface area contributed by atoms with E-state index in [1.165, 1.54) is 6.07 Å². The van der Waals surface area contributed by atoms with E-state index in [0.717, 1.165) is 17.5 Å². The van der Waals surface area contributed by atoms with Gasteiger partial charge < -0.3 is 19.9 Å². The molecule has 4 rings (SSSR count). The molecule has 0 bridgehead atoms. The minimum atomic E-state index is -0.983. The van der Waals surface area contributed by atoms with Gasteiger partial charge in [-0.15, -0.1) is 0 Å². The number of carbonyl (C=O) groups is 1. The number of rotatable bonds is 4. The molecule has 6 nitrogen and oxygen atoms in total. The quantitative estimate of drug-likeness (QED) is 0.766. The highest BCUT2D eigenvalue weighted by Gasteiger charge is 2.39. The summed E-state index contributed by atoms with van der Waals surface area (Å²) < 4.78 is 25.2. The van der Waals surface area contributed by atoms with Gasteiger partial charge in [0, 0.05) is 24.9 Å². The lowest BCUT2D eigenvalue weighted by atomic mass is 9.91. The Balaban J connectivity index is 1.45. The summed E-state index contributed by atoms with van der Waals surface area (Å²) in [7, 11) is 0. The molecule has 3 N–H and O–H groups in total. The molecule has 0 spiro atoms. The molecule has 142 valence electrons. The molecule has 1 amide bonds. The van der Waals surface area contributed by atoms with Gasteiger partial charge in [0.05, 0.1) is 12.6 Å². The first-order valence-corrected chi connectivity index (χ1v) is 8.95. The number of fused-ring (bicyclic) bond motifs is 1. The van der Waals surface area contributed by atoms with Gasteiger partial charge in [-0.05, 0) is 22.8 Å². The average molecular weight is 372 g/mol. The maximum absolute atomic E-state index is 14.6. The summed E-state index contributed by atoms with van der Waals surface area (Å²) in [4.78, 5) is 12.2. The molecule has 2 aromatic rings. The van der Waals surface area contributed by atoms with Crippen molar-refractivity contribution < 1.29 is 23.8 Å². The van der Waals surface area contributed by atoms with E-state index in [1.54, 1.807) is 6.07 Å². The Labute approximate surface area is 156 Å². The monoisotopic (exact) mass is 372 g/mol. The molecule has 2 aliphatic heterocycles. The highest BCUT2D eigenvalue weighted by molar-refractivity contribution is 5.68. The van der Waals surface area contributed by atoms with E-state index in [-0.39, 0.29) is 6.61 Å². The Hall–Kier alpha value is -2.64. The minimum absolute atomic E-state index is 0.123. The van der Waals surface area contributed by atoms with E-state index >= 15 is 0 Å². The fraction of sp³-hybridized carbons (Fsp3) is 0.350. The van der Waals surface area contributed by atoms with Gasteiger partial charge in [0.15, 0.2) is 0 Å². The van der Waals surface area contributed by atoms with Crippen LogP contribution in [-0.2, 0) is 17.8 Å². The standard InChI is InChI=1S/C20H21FN2O4/c21-16-9-17-13(6-7-26-17)8-14(16)15-10-22-19(24)18(15)23-20(25)27-11-12-4-2-1-3-5-12/h1-5,8-9,15,18-19,22,24H,6-7,10-11H2,(H,23,25)/t15-,18-,19?/m0/s1. The van der Waals surface area contributed by atoms with Crippen molar-refractivity contribution in [2.75, 3.05) is 13.2 Å². The number of aliphatic hydroxyl groups is 1. The molecule has 3 atom stereocenters. The third kappa shape index (κ3) is 3.74. The normalized spacial score (nSPS) is 23.6. The topological polar surface area (TPSA) is 79.8 Å². The van der Waals surface area contributed by atoms with E-state index in [0.29, 0.717) is 24.5 Å². The SMILES string of the molecule is O=C(N[C@@H]1C(O)NC[C@H]1c1cc2c(cc1F)OCC2)OCc1ccccc1. The lowest BCUT2D eigenvalue weighted by molar-refractivity contribution is 0.102. The fourth-order valence-electron chi connectivity index (χ4n) is 3.61. The second kappa shape index (κ2) is 7.54. The summed E-state index contributed by atoms with van der Waals surface area (Å²) in [5.41, 5.74) is 2.26. The number of amides is 1. The van der Waals surface area contributed by atoms with Gasteiger partial charge in [0.2, 0.25) is 0 Å². The van der Waals surface area contributed by atoms with E-state index < -0.39 is 30.1 Å². The number of nitrogens with one attached hydrogen (secondary N) is 2. The Morgan fingerprint density at radius 2 is 2.15 bits per heavy atom. The first-order valence-electron chi connectivity index (χ1n) is 8.95. The molecule has 0 aromatic heterocycles. The predicted octanol–water partition coefficient (Wildman–Crippen LogP) is 2.06. The van der Waals surface area contributed by atoms with Crippen LogP contribution in [0.15, 0.2) is 42.5 Å². The Kier molecular flexibility index (Phi) is 4.96. The minimum Gasteiger partial charge on any atom is -0.493 e. The fourth-order valence-corrected chi connectivity index (χ4v) is 3.61. The van der Waals surface area contributed by atoms with Crippen molar-refractivity contribution in [1.82, 2.24) is 10.6 Å². The van der Waals surface area contributed by atoms with Gasteiger partial charge >= 0.3 is 6.09 Å².